The third kappa shape index (κ3) is 3.19. The monoisotopic (exact) mass is 352 g/mol. The van der Waals surface area contributed by atoms with Gasteiger partial charge in [0.05, 0.1) is 6.42 Å². The summed E-state index contributed by atoms with van der Waals surface area (Å²) in [6.07, 6.45) is -0.0830. The van der Waals surface area contributed by atoms with Crippen LogP contribution in [0.1, 0.15) is 31.8 Å². The van der Waals surface area contributed by atoms with Crippen LogP contribution in [0.2, 0.25) is 0 Å². The molecule has 0 saturated carbocycles. The SMILES string of the molecule is NC(=O)c1ccc(C[C@@H](C(=O)O)N2C(=O)Cc3ccccc3C2=O)cc1. The van der Waals surface area contributed by atoms with E-state index in [0.717, 1.165) is 4.90 Å². The van der Waals surface area contributed by atoms with Gasteiger partial charge in [-0.2, -0.15) is 0 Å². The van der Waals surface area contributed by atoms with Crippen molar-refractivity contribution in [3.8, 4) is 0 Å². The van der Waals surface area contributed by atoms with Gasteiger partial charge in [0.1, 0.15) is 6.04 Å². The number of hydrogen-bond donors (Lipinski definition) is 2. The molecule has 0 unspecified atom stereocenters. The van der Waals surface area contributed by atoms with Crippen molar-refractivity contribution in [1.29, 1.82) is 0 Å². The number of nitrogens with zero attached hydrogens (tertiary/aromatic N) is 1. The number of fused-ring (bicyclic) bond motifs is 1. The molecule has 1 aliphatic rings. The van der Waals surface area contributed by atoms with Gasteiger partial charge in [0.15, 0.2) is 0 Å². The van der Waals surface area contributed by atoms with Crippen LogP contribution in [0.3, 0.4) is 0 Å². The van der Waals surface area contributed by atoms with Crippen LogP contribution in [0, 0.1) is 0 Å². The van der Waals surface area contributed by atoms with Crippen LogP contribution in [0.15, 0.2) is 48.5 Å². The number of imide groups is 1. The van der Waals surface area contributed by atoms with Gasteiger partial charge in [-0.25, -0.2) is 4.79 Å². The van der Waals surface area contributed by atoms with E-state index in [4.69, 9.17) is 5.73 Å². The van der Waals surface area contributed by atoms with Gasteiger partial charge in [-0.3, -0.25) is 19.3 Å². The van der Waals surface area contributed by atoms with Crippen molar-refractivity contribution < 1.29 is 24.3 Å². The zero-order chi connectivity index (χ0) is 18.8. The summed E-state index contributed by atoms with van der Waals surface area (Å²) in [5.41, 5.74) is 6.97. The fourth-order valence-electron chi connectivity index (χ4n) is 3.01. The van der Waals surface area contributed by atoms with E-state index in [0.29, 0.717) is 22.3 Å². The summed E-state index contributed by atoms with van der Waals surface area (Å²) >= 11 is 0. The van der Waals surface area contributed by atoms with Crippen molar-refractivity contribution in [2.45, 2.75) is 18.9 Å². The highest BCUT2D eigenvalue weighted by molar-refractivity contribution is 6.11. The normalized spacial score (nSPS) is 14.7. The van der Waals surface area contributed by atoms with Crippen LogP contribution in [-0.2, 0) is 22.4 Å². The lowest BCUT2D eigenvalue weighted by Crippen LogP contribution is -2.52. The number of carboxylic acids is 1. The predicted molar refractivity (Wildman–Crippen MR) is 91.4 cm³/mol. The van der Waals surface area contributed by atoms with E-state index in [2.05, 4.69) is 0 Å². The van der Waals surface area contributed by atoms with Crippen LogP contribution in [-0.4, -0.2) is 39.7 Å². The van der Waals surface area contributed by atoms with Crippen LogP contribution in [0.5, 0.6) is 0 Å². The molecule has 0 spiro atoms. The Morgan fingerprint density at radius 2 is 1.73 bits per heavy atom. The highest BCUT2D eigenvalue weighted by Gasteiger charge is 2.39. The molecule has 3 amide bonds. The van der Waals surface area contributed by atoms with Gasteiger partial charge in [-0.1, -0.05) is 30.3 Å². The highest BCUT2D eigenvalue weighted by atomic mass is 16.4. The van der Waals surface area contributed by atoms with Gasteiger partial charge in [0.25, 0.3) is 5.91 Å². The van der Waals surface area contributed by atoms with Gasteiger partial charge in [0, 0.05) is 17.5 Å². The maximum atomic E-state index is 12.7. The molecule has 7 nitrogen and oxygen atoms in total. The first-order valence-electron chi connectivity index (χ1n) is 7.94. The second-order valence-electron chi connectivity index (χ2n) is 6.02. The molecule has 7 heteroatoms. The first-order chi connectivity index (χ1) is 12.4. The van der Waals surface area contributed by atoms with Crippen molar-refractivity contribution >= 4 is 23.7 Å². The van der Waals surface area contributed by atoms with E-state index in [1.54, 1.807) is 36.4 Å². The van der Waals surface area contributed by atoms with Gasteiger partial charge >= 0.3 is 5.97 Å². The Balaban J connectivity index is 1.90. The van der Waals surface area contributed by atoms with Crippen molar-refractivity contribution in [2.24, 2.45) is 5.73 Å². The van der Waals surface area contributed by atoms with E-state index >= 15 is 0 Å². The standard InChI is InChI=1S/C19H16N2O5/c20-17(23)12-7-5-11(6-8-12)9-15(19(25)26)21-16(22)10-13-3-1-2-4-14(13)18(21)24/h1-8,15H,9-10H2,(H2,20,23)(H,25,26)/t15-/m0/s1. The van der Waals surface area contributed by atoms with E-state index in [-0.39, 0.29) is 12.8 Å². The number of rotatable bonds is 5. The zero-order valence-corrected chi connectivity index (χ0v) is 13.7. The third-order valence-corrected chi connectivity index (χ3v) is 4.34. The summed E-state index contributed by atoms with van der Waals surface area (Å²) in [6, 6.07) is 11.4. The predicted octanol–water partition coefficient (Wildman–Crippen LogP) is 1.01. The number of aliphatic carboxylic acids is 1. The molecule has 0 aromatic heterocycles. The lowest BCUT2D eigenvalue weighted by atomic mass is 9.95. The fourth-order valence-corrected chi connectivity index (χ4v) is 3.01. The van der Waals surface area contributed by atoms with E-state index in [1.165, 1.54) is 12.1 Å². The molecule has 0 saturated heterocycles. The average Bonchev–Trinajstić information content (AvgIpc) is 2.61. The topological polar surface area (TPSA) is 118 Å². The Morgan fingerprint density at radius 1 is 1.08 bits per heavy atom. The Hall–Kier alpha value is -3.48. The highest BCUT2D eigenvalue weighted by Crippen LogP contribution is 2.23. The molecule has 0 radical (unpaired) electrons. The molecular weight excluding hydrogens is 336 g/mol. The largest absolute Gasteiger partial charge is 0.480 e. The molecule has 0 bridgehead atoms. The third-order valence-electron chi connectivity index (χ3n) is 4.34. The number of primary amides is 1. The maximum Gasteiger partial charge on any atom is 0.327 e. The van der Waals surface area contributed by atoms with Gasteiger partial charge in [-0.15, -0.1) is 0 Å². The van der Waals surface area contributed by atoms with Crippen molar-refractivity contribution in [3.63, 3.8) is 0 Å². The first-order valence-corrected chi connectivity index (χ1v) is 7.94. The van der Waals surface area contributed by atoms with Crippen LogP contribution >= 0.6 is 0 Å². The Bertz CT molecular complexity index is 904. The van der Waals surface area contributed by atoms with E-state index in [1.807, 2.05) is 0 Å². The molecule has 3 rings (SSSR count). The van der Waals surface area contributed by atoms with E-state index in [9.17, 15) is 24.3 Å². The second kappa shape index (κ2) is 6.79. The lowest BCUT2D eigenvalue weighted by Gasteiger charge is -2.31. The number of benzene rings is 2. The van der Waals surface area contributed by atoms with Crippen molar-refractivity contribution in [3.05, 3.63) is 70.8 Å². The molecular formula is C19H16N2O5. The molecule has 26 heavy (non-hydrogen) atoms. The number of carbonyl (C=O) groups excluding carboxylic acids is 3. The molecule has 132 valence electrons. The minimum absolute atomic E-state index is 0.0215. The first kappa shape index (κ1) is 17.3. The van der Waals surface area contributed by atoms with Gasteiger partial charge in [-0.05, 0) is 29.3 Å². The quantitative estimate of drug-likeness (QED) is 0.779. The second-order valence-corrected chi connectivity index (χ2v) is 6.02. The van der Waals surface area contributed by atoms with Gasteiger partial charge < -0.3 is 10.8 Å². The summed E-state index contributed by atoms with van der Waals surface area (Å²) in [7, 11) is 0. The summed E-state index contributed by atoms with van der Waals surface area (Å²) in [5, 5.41) is 9.59. The Morgan fingerprint density at radius 3 is 2.35 bits per heavy atom. The van der Waals surface area contributed by atoms with E-state index < -0.39 is 29.7 Å². The van der Waals surface area contributed by atoms with Gasteiger partial charge in [0.2, 0.25) is 11.8 Å². The molecule has 0 fully saturated rings. The number of carboxylic acid groups (broad SMARTS) is 1. The number of carbonyl (C=O) groups is 4. The molecule has 3 N–H and O–H groups in total. The fraction of sp³-hybridized carbons (Fsp3) is 0.158. The summed E-state index contributed by atoms with van der Waals surface area (Å²) in [6.45, 7) is 0. The number of hydrogen-bond acceptors (Lipinski definition) is 4. The minimum Gasteiger partial charge on any atom is -0.480 e. The Labute approximate surface area is 149 Å². The number of amides is 3. The average molecular weight is 352 g/mol. The molecule has 1 atom stereocenters. The number of nitrogens with two attached hydrogens (primary N) is 1. The lowest BCUT2D eigenvalue weighted by molar-refractivity contribution is -0.148. The molecule has 1 heterocycles. The minimum atomic E-state index is -1.33. The van der Waals surface area contributed by atoms with Crippen molar-refractivity contribution in [1.82, 2.24) is 4.90 Å². The molecule has 2 aromatic rings. The molecule has 1 aliphatic heterocycles. The summed E-state index contributed by atoms with van der Waals surface area (Å²) < 4.78 is 0. The molecule has 2 aromatic carbocycles. The maximum absolute atomic E-state index is 12.7. The smallest absolute Gasteiger partial charge is 0.327 e. The Kier molecular flexibility index (Phi) is 4.53. The summed E-state index contributed by atoms with van der Waals surface area (Å²) in [5.74, 6) is -3.03. The van der Waals surface area contributed by atoms with Crippen LogP contribution in [0.25, 0.3) is 0 Å². The summed E-state index contributed by atoms with van der Waals surface area (Å²) in [4.78, 5) is 48.8. The van der Waals surface area contributed by atoms with Crippen LogP contribution < -0.4 is 5.73 Å². The van der Waals surface area contributed by atoms with Crippen LogP contribution in [0.4, 0.5) is 0 Å². The zero-order valence-electron chi connectivity index (χ0n) is 13.7. The molecule has 0 aliphatic carbocycles. The van der Waals surface area contributed by atoms with Crippen molar-refractivity contribution in [2.75, 3.05) is 0 Å².